The number of fused-ring (bicyclic) bond motifs is 5. The molecule has 0 spiro atoms. The Hall–Kier alpha value is -0.340. The van der Waals surface area contributed by atoms with Crippen LogP contribution in [0.5, 0.6) is 0 Å². The van der Waals surface area contributed by atoms with Crippen LogP contribution in [0.3, 0.4) is 0 Å². The zero-order valence-electron chi connectivity index (χ0n) is 22.6. The van der Waals surface area contributed by atoms with Crippen molar-refractivity contribution in [3.63, 3.8) is 0 Å². The summed E-state index contributed by atoms with van der Waals surface area (Å²) in [6.45, 7) is 15.1. The molecule has 0 aliphatic heterocycles. The molecule has 32 heavy (non-hydrogen) atoms. The van der Waals surface area contributed by atoms with Gasteiger partial charge in [0.1, 0.15) is 0 Å². The fourth-order valence-electron chi connectivity index (χ4n) is 8.68. The third-order valence-corrected chi connectivity index (χ3v) is 11.1. The van der Waals surface area contributed by atoms with E-state index in [2.05, 4.69) is 52.4 Å². The summed E-state index contributed by atoms with van der Waals surface area (Å²) in [5.41, 5.74) is 2.59. The minimum atomic E-state index is -0.0790. The van der Waals surface area contributed by atoms with Gasteiger partial charge in [0.25, 0.3) is 0 Å². The van der Waals surface area contributed by atoms with Crippen molar-refractivity contribution >= 4 is 0 Å². The molecular formula is C30H54O2. The number of hydrogen-bond acceptors (Lipinski definition) is 2. The highest BCUT2D eigenvalue weighted by molar-refractivity contribution is 5.25. The fourth-order valence-corrected chi connectivity index (χ4v) is 8.68. The summed E-state index contributed by atoms with van der Waals surface area (Å²) in [4.78, 5) is 0. The van der Waals surface area contributed by atoms with Crippen LogP contribution in [0, 0.1) is 52.3 Å². The number of hydrogen-bond donors (Lipinski definition) is 1. The van der Waals surface area contributed by atoms with Gasteiger partial charge >= 0.3 is 0 Å². The quantitative estimate of drug-likeness (QED) is 0.435. The highest BCUT2D eigenvalue weighted by atomic mass is 16.4. The number of allylic oxidation sites excluding steroid dienone is 1. The molecule has 0 aromatic heterocycles. The monoisotopic (exact) mass is 446 g/mol. The van der Waals surface area contributed by atoms with Gasteiger partial charge in [-0.15, -0.1) is 0 Å². The van der Waals surface area contributed by atoms with Crippen molar-refractivity contribution in [2.45, 2.75) is 112 Å². The second kappa shape index (κ2) is 10.5. The van der Waals surface area contributed by atoms with Crippen molar-refractivity contribution in [1.82, 2.24) is 0 Å². The van der Waals surface area contributed by atoms with Gasteiger partial charge in [0.2, 0.25) is 0 Å². The summed E-state index contributed by atoms with van der Waals surface area (Å²) in [7, 11) is 3.25. The molecule has 0 radical (unpaired) electrons. The van der Waals surface area contributed by atoms with Gasteiger partial charge in [0, 0.05) is 14.2 Å². The van der Waals surface area contributed by atoms with E-state index in [1.54, 1.807) is 19.8 Å². The van der Waals surface area contributed by atoms with Crippen molar-refractivity contribution in [3.05, 3.63) is 11.6 Å². The summed E-state index contributed by atoms with van der Waals surface area (Å²) in [5.74, 6) is 6.24. The Kier molecular flexibility index (Phi) is 8.63. The van der Waals surface area contributed by atoms with Crippen LogP contribution in [-0.2, 0) is 4.74 Å². The van der Waals surface area contributed by atoms with Crippen molar-refractivity contribution in [2.24, 2.45) is 52.3 Å². The molecule has 4 aliphatic carbocycles. The van der Waals surface area contributed by atoms with E-state index in [4.69, 9.17) is 0 Å². The van der Waals surface area contributed by atoms with Crippen LogP contribution in [-0.4, -0.2) is 25.4 Å². The van der Waals surface area contributed by atoms with Crippen molar-refractivity contribution in [3.8, 4) is 0 Å². The van der Waals surface area contributed by atoms with Crippen molar-refractivity contribution in [1.29, 1.82) is 0 Å². The second-order valence-corrected chi connectivity index (χ2v) is 13.1. The Balaban J connectivity index is 0.000000913. The molecule has 4 rings (SSSR count). The molecule has 2 heteroatoms. The van der Waals surface area contributed by atoms with Crippen LogP contribution in [0.2, 0.25) is 0 Å². The number of methoxy groups -OCH3 is 1. The molecule has 186 valence electrons. The van der Waals surface area contributed by atoms with Crippen LogP contribution in [0.1, 0.15) is 106 Å². The van der Waals surface area contributed by atoms with Gasteiger partial charge in [-0.2, -0.15) is 0 Å². The van der Waals surface area contributed by atoms with Crippen LogP contribution in [0.15, 0.2) is 11.6 Å². The van der Waals surface area contributed by atoms with Crippen LogP contribution in [0.25, 0.3) is 0 Å². The fraction of sp³-hybridized carbons (Fsp3) is 0.933. The smallest absolute Gasteiger partial charge is 0.0577 e. The maximum atomic E-state index is 10.2. The molecule has 0 saturated heterocycles. The number of rotatable bonds is 5. The van der Waals surface area contributed by atoms with Crippen LogP contribution >= 0.6 is 0 Å². The van der Waals surface area contributed by atoms with Gasteiger partial charge in [-0.1, -0.05) is 66.0 Å². The number of ether oxygens (including phenoxy) is 1. The van der Waals surface area contributed by atoms with E-state index < -0.39 is 0 Å². The van der Waals surface area contributed by atoms with E-state index in [9.17, 15) is 5.11 Å². The Bertz CT molecular complexity index is 639. The highest BCUT2D eigenvalue weighted by Crippen LogP contribution is 2.67. The maximum absolute atomic E-state index is 10.2. The lowest BCUT2D eigenvalue weighted by molar-refractivity contribution is -0.0574. The van der Waals surface area contributed by atoms with E-state index in [0.717, 1.165) is 54.3 Å². The lowest BCUT2D eigenvalue weighted by atomic mass is 9.47. The molecule has 3 saturated carbocycles. The molecule has 1 N–H and O–H groups in total. The van der Waals surface area contributed by atoms with E-state index >= 15 is 0 Å². The molecule has 3 fully saturated rings. The van der Waals surface area contributed by atoms with Gasteiger partial charge in [-0.3, -0.25) is 0 Å². The zero-order valence-corrected chi connectivity index (χ0v) is 22.6. The molecule has 0 bridgehead atoms. The molecule has 0 heterocycles. The maximum Gasteiger partial charge on any atom is 0.0577 e. The Morgan fingerprint density at radius 1 is 0.969 bits per heavy atom. The predicted molar refractivity (Wildman–Crippen MR) is 137 cm³/mol. The zero-order chi connectivity index (χ0) is 23.7. The van der Waals surface area contributed by atoms with Gasteiger partial charge in [0.15, 0.2) is 0 Å². The first kappa shape index (κ1) is 26.3. The van der Waals surface area contributed by atoms with Crippen LogP contribution in [0.4, 0.5) is 0 Å². The van der Waals surface area contributed by atoms with Crippen molar-refractivity contribution < 1.29 is 9.84 Å². The van der Waals surface area contributed by atoms with Gasteiger partial charge < -0.3 is 9.84 Å². The van der Waals surface area contributed by atoms with E-state index in [1.807, 2.05) is 0 Å². The van der Waals surface area contributed by atoms with E-state index in [-0.39, 0.29) is 6.10 Å². The van der Waals surface area contributed by atoms with Crippen molar-refractivity contribution in [2.75, 3.05) is 14.2 Å². The second-order valence-electron chi connectivity index (χ2n) is 13.1. The molecule has 2 nitrogen and oxygen atoms in total. The largest absolute Gasteiger partial charge is 0.393 e. The molecule has 9 atom stereocenters. The SMILES string of the molecule is CC(C)[C@H](C)CC[C@@H](C)[C@H]1CC[C@H]2[C@@H]3CC=C4C[C@@H](O)CC[C@]4(C)[C@H]3CC[C@]12C.COC. The topological polar surface area (TPSA) is 29.5 Å². The van der Waals surface area contributed by atoms with Gasteiger partial charge in [-0.05, 0) is 104 Å². The Morgan fingerprint density at radius 3 is 2.31 bits per heavy atom. The first-order valence-electron chi connectivity index (χ1n) is 13.9. The summed E-state index contributed by atoms with van der Waals surface area (Å²) < 4.78 is 4.25. The molecule has 4 aliphatic rings. The van der Waals surface area contributed by atoms with Crippen LogP contribution < -0.4 is 0 Å². The normalized spacial score (nSPS) is 42.7. The Labute approximate surface area is 200 Å². The minimum Gasteiger partial charge on any atom is -0.393 e. The molecule has 0 aromatic rings. The minimum absolute atomic E-state index is 0.0790. The highest BCUT2D eigenvalue weighted by Gasteiger charge is 2.59. The van der Waals surface area contributed by atoms with Gasteiger partial charge in [0.05, 0.1) is 6.10 Å². The average molecular weight is 447 g/mol. The molecule has 0 aromatic carbocycles. The standard InChI is InChI=1S/C28H48O.C2H6O/c1-18(2)19(3)7-8-20(4)24-11-12-25-23-10-9-21-17-22(29)13-15-27(21,5)26(23)14-16-28(24,25)6;1-3-2/h9,18-20,22-26,29H,7-8,10-17H2,1-6H3;1-2H3/t19-,20-,22+,23+,24-,25+,26+,27+,28-;/m1./s1. The molecule has 0 unspecified atom stereocenters. The number of aliphatic hydroxyl groups excluding tert-OH is 1. The lowest BCUT2D eigenvalue weighted by Crippen LogP contribution is -2.50. The predicted octanol–water partition coefficient (Wildman–Crippen LogP) is 7.90. The average Bonchev–Trinajstić information content (AvgIpc) is 3.10. The first-order valence-corrected chi connectivity index (χ1v) is 13.9. The summed E-state index contributed by atoms with van der Waals surface area (Å²) in [6, 6.07) is 0. The van der Waals surface area contributed by atoms with E-state index in [1.165, 1.54) is 51.4 Å². The first-order chi connectivity index (χ1) is 15.1. The number of aliphatic hydroxyl groups is 1. The lowest BCUT2D eigenvalue weighted by Gasteiger charge is -2.58. The molecular weight excluding hydrogens is 392 g/mol. The Morgan fingerprint density at radius 2 is 1.66 bits per heavy atom. The third kappa shape index (κ3) is 4.88. The summed E-state index contributed by atoms with van der Waals surface area (Å²) in [6.07, 6.45) is 15.7. The molecule has 0 amide bonds. The van der Waals surface area contributed by atoms with Gasteiger partial charge in [-0.25, -0.2) is 0 Å². The third-order valence-electron chi connectivity index (χ3n) is 11.1. The summed E-state index contributed by atoms with van der Waals surface area (Å²) in [5, 5.41) is 10.2. The summed E-state index contributed by atoms with van der Waals surface area (Å²) >= 11 is 0. The van der Waals surface area contributed by atoms with E-state index in [0.29, 0.717) is 10.8 Å².